The Morgan fingerprint density at radius 1 is 1.50 bits per heavy atom. The smallest absolute Gasteiger partial charge is 0.308 e. The average Bonchev–Trinajstić information content (AvgIpc) is 2.34. The predicted octanol–water partition coefficient (Wildman–Crippen LogP) is 1.45. The van der Waals surface area contributed by atoms with Crippen molar-refractivity contribution in [2.45, 2.75) is 19.8 Å². The van der Waals surface area contributed by atoms with Gasteiger partial charge in [0.05, 0.1) is 11.5 Å². The number of aliphatic carboxylic acids is 1. The summed E-state index contributed by atoms with van der Waals surface area (Å²) in [4.78, 5) is 25.8. The van der Waals surface area contributed by atoms with Crippen LogP contribution in [-0.4, -0.2) is 28.5 Å². The molecule has 0 spiro atoms. The van der Waals surface area contributed by atoms with Gasteiger partial charge in [0, 0.05) is 12.7 Å². The number of carbonyl (C=O) groups is 2. The number of aromatic nitrogens is 1. The second-order valence-corrected chi connectivity index (χ2v) is 3.90. The van der Waals surface area contributed by atoms with Gasteiger partial charge in [-0.05, 0) is 18.6 Å². The third-order valence-corrected chi connectivity index (χ3v) is 2.48. The van der Waals surface area contributed by atoms with E-state index in [4.69, 9.17) is 5.11 Å². The van der Waals surface area contributed by atoms with Gasteiger partial charge in [0.2, 0.25) is 5.95 Å². The molecule has 18 heavy (non-hydrogen) atoms. The van der Waals surface area contributed by atoms with Gasteiger partial charge < -0.3 is 10.4 Å². The van der Waals surface area contributed by atoms with Crippen LogP contribution in [0.2, 0.25) is 0 Å². The Hall–Kier alpha value is -1.98. The van der Waals surface area contributed by atoms with Crippen LogP contribution in [-0.2, 0) is 4.79 Å². The van der Waals surface area contributed by atoms with Crippen molar-refractivity contribution in [3.8, 4) is 0 Å². The van der Waals surface area contributed by atoms with Gasteiger partial charge in [-0.15, -0.1) is 0 Å². The molecular formula is C12H15FN2O3. The first-order valence-electron chi connectivity index (χ1n) is 5.67. The second kappa shape index (κ2) is 6.68. The molecule has 98 valence electrons. The lowest BCUT2D eigenvalue weighted by Gasteiger charge is -2.12. The molecule has 0 bridgehead atoms. The van der Waals surface area contributed by atoms with Gasteiger partial charge in [0.15, 0.2) is 0 Å². The summed E-state index contributed by atoms with van der Waals surface area (Å²) in [5.74, 6) is -2.66. The van der Waals surface area contributed by atoms with Crippen molar-refractivity contribution in [2.24, 2.45) is 5.92 Å². The minimum Gasteiger partial charge on any atom is -0.481 e. The highest BCUT2D eigenvalue weighted by molar-refractivity contribution is 5.94. The van der Waals surface area contributed by atoms with Crippen LogP contribution >= 0.6 is 0 Å². The number of pyridine rings is 1. The van der Waals surface area contributed by atoms with Gasteiger partial charge >= 0.3 is 5.97 Å². The number of amides is 1. The van der Waals surface area contributed by atoms with Crippen LogP contribution in [0.3, 0.4) is 0 Å². The molecule has 0 aliphatic carbocycles. The SMILES string of the molecule is CCCC(CNC(=O)c1ccc(F)nc1)C(=O)O. The lowest BCUT2D eigenvalue weighted by atomic mass is 10.0. The van der Waals surface area contributed by atoms with Crippen LogP contribution in [0.1, 0.15) is 30.1 Å². The lowest BCUT2D eigenvalue weighted by molar-refractivity contribution is -0.141. The van der Waals surface area contributed by atoms with E-state index in [9.17, 15) is 14.0 Å². The molecule has 5 nitrogen and oxygen atoms in total. The van der Waals surface area contributed by atoms with Crippen LogP contribution in [0.5, 0.6) is 0 Å². The molecule has 0 saturated heterocycles. The molecule has 1 rings (SSSR count). The Bertz CT molecular complexity index is 420. The molecule has 1 amide bonds. The molecule has 0 aromatic carbocycles. The van der Waals surface area contributed by atoms with Crippen LogP contribution in [0.25, 0.3) is 0 Å². The van der Waals surface area contributed by atoms with E-state index >= 15 is 0 Å². The van der Waals surface area contributed by atoms with Crippen LogP contribution in [0, 0.1) is 11.9 Å². The van der Waals surface area contributed by atoms with Crippen LogP contribution in [0.4, 0.5) is 4.39 Å². The number of carboxylic acids is 1. The summed E-state index contributed by atoms with van der Waals surface area (Å²) in [6.07, 6.45) is 2.34. The van der Waals surface area contributed by atoms with Gasteiger partial charge in [-0.3, -0.25) is 9.59 Å². The molecule has 1 heterocycles. The molecule has 0 saturated carbocycles. The number of halogens is 1. The molecule has 0 aliphatic rings. The van der Waals surface area contributed by atoms with E-state index in [-0.39, 0.29) is 12.1 Å². The molecule has 6 heteroatoms. The highest BCUT2D eigenvalue weighted by atomic mass is 19.1. The number of carbonyl (C=O) groups excluding carboxylic acids is 1. The number of carboxylic acid groups (broad SMARTS) is 1. The zero-order valence-corrected chi connectivity index (χ0v) is 10.0. The van der Waals surface area contributed by atoms with E-state index in [1.807, 2.05) is 6.92 Å². The summed E-state index contributed by atoms with van der Waals surface area (Å²) < 4.78 is 12.5. The molecule has 1 unspecified atom stereocenters. The van der Waals surface area contributed by atoms with Crippen LogP contribution < -0.4 is 5.32 Å². The quantitative estimate of drug-likeness (QED) is 0.753. The van der Waals surface area contributed by atoms with E-state index < -0.39 is 23.7 Å². The molecule has 0 fully saturated rings. The monoisotopic (exact) mass is 254 g/mol. The maximum Gasteiger partial charge on any atom is 0.308 e. The van der Waals surface area contributed by atoms with Gasteiger partial charge in [-0.2, -0.15) is 4.39 Å². The summed E-state index contributed by atoms with van der Waals surface area (Å²) in [5, 5.41) is 11.4. The Balaban J connectivity index is 2.54. The number of nitrogens with zero attached hydrogens (tertiary/aromatic N) is 1. The largest absolute Gasteiger partial charge is 0.481 e. The normalized spacial score (nSPS) is 11.9. The molecule has 0 aliphatic heterocycles. The summed E-state index contributed by atoms with van der Waals surface area (Å²) in [5.41, 5.74) is 0.206. The topological polar surface area (TPSA) is 79.3 Å². The van der Waals surface area contributed by atoms with Crippen molar-refractivity contribution in [3.05, 3.63) is 29.8 Å². The Morgan fingerprint density at radius 2 is 2.22 bits per heavy atom. The lowest BCUT2D eigenvalue weighted by Crippen LogP contribution is -2.33. The number of rotatable bonds is 6. The molecule has 1 aromatic rings. The maximum absolute atomic E-state index is 12.5. The standard InChI is InChI=1S/C12H15FN2O3/c1-2-3-9(12(17)18)7-15-11(16)8-4-5-10(13)14-6-8/h4-6,9H,2-3,7H2,1H3,(H,15,16)(H,17,18). The molecule has 0 radical (unpaired) electrons. The Morgan fingerprint density at radius 3 is 2.72 bits per heavy atom. The summed E-state index contributed by atoms with van der Waals surface area (Å²) in [6.45, 7) is 1.93. The number of nitrogens with one attached hydrogen (secondary N) is 1. The van der Waals surface area contributed by atoms with E-state index in [0.717, 1.165) is 18.7 Å². The predicted molar refractivity (Wildman–Crippen MR) is 62.6 cm³/mol. The van der Waals surface area contributed by atoms with Crippen molar-refractivity contribution in [2.75, 3.05) is 6.54 Å². The van der Waals surface area contributed by atoms with Gasteiger partial charge in [-0.1, -0.05) is 13.3 Å². The minimum atomic E-state index is -0.936. The van der Waals surface area contributed by atoms with Crippen molar-refractivity contribution >= 4 is 11.9 Å². The highest BCUT2D eigenvalue weighted by Crippen LogP contribution is 2.06. The van der Waals surface area contributed by atoms with Gasteiger partial charge in [0.1, 0.15) is 0 Å². The zero-order chi connectivity index (χ0) is 13.5. The van der Waals surface area contributed by atoms with Crippen molar-refractivity contribution in [3.63, 3.8) is 0 Å². The molecule has 1 atom stereocenters. The van der Waals surface area contributed by atoms with Crippen molar-refractivity contribution < 1.29 is 19.1 Å². The average molecular weight is 254 g/mol. The van der Waals surface area contributed by atoms with E-state index in [1.165, 1.54) is 6.07 Å². The van der Waals surface area contributed by atoms with E-state index in [0.29, 0.717) is 6.42 Å². The number of hydrogen-bond donors (Lipinski definition) is 2. The fourth-order valence-corrected chi connectivity index (χ4v) is 1.49. The summed E-state index contributed by atoms with van der Waals surface area (Å²) >= 11 is 0. The zero-order valence-electron chi connectivity index (χ0n) is 10.0. The van der Waals surface area contributed by atoms with Gasteiger partial charge in [-0.25, -0.2) is 4.98 Å². The first-order chi connectivity index (χ1) is 8.54. The van der Waals surface area contributed by atoms with Crippen LogP contribution in [0.15, 0.2) is 18.3 Å². The fraction of sp³-hybridized carbons (Fsp3) is 0.417. The Kier molecular flexibility index (Phi) is 5.23. The second-order valence-electron chi connectivity index (χ2n) is 3.90. The van der Waals surface area contributed by atoms with Crippen molar-refractivity contribution in [1.29, 1.82) is 0 Å². The highest BCUT2D eigenvalue weighted by Gasteiger charge is 2.17. The van der Waals surface area contributed by atoms with E-state index in [2.05, 4.69) is 10.3 Å². The molecule has 1 aromatic heterocycles. The summed E-state index contributed by atoms with van der Waals surface area (Å²) in [7, 11) is 0. The summed E-state index contributed by atoms with van der Waals surface area (Å²) in [6, 6.07) is 2.38. The Labute approximate surface area is 104 Å². The maximum atomic E-state index is 12.5. The first kappa shape index (κ1) is 14.1. The molecule has 2 N–H and O–H groups in total. The van der Waals surface area contributed by atoms with Gasteiger partial charge in [0.25, 0.3) is 5.91 Å². The van der Waals surface area contributed by atoms with E-state index in [1.54, 1.807) is 0 Å². The third-order valence-electron chi connectivity index (χ3n) is 2.48. The third kappa shape index (κ3) is 4.12. The number of hydrogen-bond acceptors (Lipinski definition) is 3. The van der Waals surface area contributed by atoms with Crippen molar-refractivity contribution in [1.82, 2.24) is 10.3 Å². The fourth-order valence-electron chi connectivity index (χ4n) is 1.49. The molecular weight excluding hydrogens is 239 g/mol. The first-order valence-corrected chi connectivity index (χ1v) is 5.67. The minimum absolute atomic E-state index is 0.0549.